The molecule has 1 aromatic carbocycles. The number of rotatable bonds is 3. The van der Waals surface area contributed by atoms with Gasteiger partial charge in [-0.05, 0) is 31.0 Å². The van der Waals surface area contributed by atoms with Gasteiger partial charge in [0.25, 0.3) is 0 Å². The van der Waals surface area contributed by atoms with E-state index in [9.17, 15) is 9.18 Å². The molecule has 1 saturated carbocycles. The Balaban J connectivity index is 2.01. The quantitative estimate of drug-likeness (QED) is 0.789. The molecule has 0 aromatic heterocycles. The summed E-state index contributed by atoms with van der Waals surface area (Å²) in [6.45, 7) is 0. The van der Waals surface area contributed by atoms with Crippen LogP contribution < -0.4 is 5.32 Å². The van der Waals surface area contributed by atoms with Gasteiger partial charge in [0.1, 0.15) is 11.6 Å². The lowest BCUT2D eigenvalue weighted by molar-refractivity contribution is -0.120. The summed E-state index contributed by atoms with van der Waals surface area (Å²) in [6.07, 6.45) is 2.00. The average molecular weight is 209 g/mol. The minimum Gasteiger partial charge on any atom is -0.508 e. The van der Waals surface area contributed by atoms with E-state index in [0.717, 1.165) is 18.9 Å². The van der Waals surface area contributed by atoms with Crippen LogP contribution in [-0.4, -0.2) is 17.1 Å². The maximum atomic E-state index is 13.2. The first-order valence-corrected chi connectivity index (χ1v) is 4.92. The van der Waals surface area contributed by atoms with Crippen LogP contribution in [0.1, 0.15) is 18.4 Å². The summed E-state index contributed by atoms with van der Waals surface area (Å²) in [7, 11) is 0. The molecule has 2 N–H and O–H groups in total. The molecule has 0 heterocycles. The molecule has 0 spiro atoms. The smallest absolute Gasteiger partial charge is 0.224 e. The lowest BCUT2D eigenvalue weighted by atomic mass is 10.1. The highest BCUT2D eigenvalue weighted by Gasteiger charge is 2.23. The van der Waals surface area contributed by atoms with Gasteiger partial charge in [-0.15, -0.1) is 0 Å². The summed E-state index contributed by atoms with van der Waals surface area (Å²) in [5.74, 6) is -0.675. The Kier molecular flexibility index (Phi) is 2.58. The number of amides is 1. The summed E-state index contributed by atoms with van der Waals surface area (Å²) in [4.78, 5) is 11.4. The van der Waals surface area contributed by atoms with Crippen molar-refractivity contribution in [3.05, 3.63) is 29.6 Å². The van der Waals surface area contributed by atoms with Gasteiger partial charge < -0.3 is 10.4 Å². The molecule has 80 valence electrons. The molecule has 0 radical (unpaired) electrons. The number of benzene rings is 1. The molecule has 1 aliphatic carbocycles. The van der Waals surface area contributed by atoms with Crippen LogP contribution in [0.3, 0.4) is 0 Å². The molecular weight excluding hydrogens is 197 g/mol. The predicted octanol–water partition coefficient (Wildman–Crippen LogP) is 1.35. The van der Waals surface area contributed by atoms with Crippen molar-refractivity contribution in [2.24, 2.45) is 0 Å². The second-order valence-electron chi connectivity index (χ2n) is 3.79. The van der Waals surface area contributed by atoms with Crippen molar-refractivity contribution >= 4 is 5.91 Å². The van der Waals surface area contributed by atoms with Crippen molar-refractivity contribution < 1.29 is 14.3 Å². The van der Waals surface area contributed by atoms with Gasteiger partial charge >= 0.3 is 0 Å². The number of phenolic OH excluding ortho intramolecular Hbond substituents is 1. The van der Waals surface area contributed by atoms with Crippen molar-refractivity contribution in [3.63, 3.8) is 0 Å². The molecule has 0 unspecified atom stereocenters. The normalized spacial score (nSPS) is 15.0. The van der Waals surface area contributed by atoms with Crippen LogP contribution in [0.15, 0.2) is 18.2 Å². The summed E-state index contributed by atoms with van der Waals surface area (Å²) in [6, 6.07) is 3.98. The molecule has 0 atom stereocenters. The second kappa shape index (κ2) is 3.88. The van der Waals surface area contributed by atoms with Crippen LogP contribution in [0.4, 0.5) is 4.39 Å². The van der Waals surface area contributed by atoms with E-state index in [-0.39, 0.29) is 29.7 Å². The van der Waals surface area contributed by atoms with E-state index in [0.29, 0.717) is 0 Å². The first-order valence-electron chi connectivity index (χ1n) is 4.92. The number of hydrogen-bond acceptors (Lipinski definition) is 2. The van der Waals surface area contributed by atoms with Crippen molar-refractivity contribution in [2.45, 2.75) is 25.3 Å². The van der Waals surface area contributed by atoms with Gasteiger partial charge in [-0.1, -0.05) is 0 Å². The number of hydrogen-bond donors (Lipinski definition) is 2. The number of nitrogens with one attached hydrogen (secondary N) is 1. The van der Waals surface area contributed by atoms with Crippen LogP contribution in [-0.2, 0) is 11.2 Å². The molecule has 2 rings (SSSR count). The molecule has 4 heteroatoms. The second-order valence-corrected chi connectivity index (χ2v) is 3.79. The standard InChI is InChI=1S/C11H12FNO2/c12-10-4-3-9(14)5-7(10)6-11(15)13-8-1-2-8/h3-5,8,14H,1-2,6H2,(H,13,15). The van der Waals surface area contributed by atoms with Gasteiger partial charge in [-0.25, -0.2) is 4.39 Å². The number of phenols is 1. The summed E-state index contributed by atoms with van der Waals surface area (Å²) < 4.78 is 13.2. The Hall–Kier alpha value is -1.58. The SMILES string of the molecule is O=C(Cc1cc(O)ccc1F)NC1CC1. The molecule has 0 aliphatic heterocycles. The highest BCUT2D eigenvalue weighted by molar-refractivity contribution is 5.79. The fraction of sp³-hybridized carbons (Fsp3) is 0.364. The summed E-state index contributed by atoms with van der Waals surface area (Å²) >= 11 is 0. The van der Waals surface area contributed by atoms with E-state index in [1.165, 1.54) is 12.1 Å². The highest BCUT2D eigenvalue weighted by Crippen LogP contribution is 2.20. The monoisotopic (exact) mass is 209 g/mol. The van der Waals surface area contributed by atoms with Crippen molar-refractivity contribution in [1.29, 1.82) is 0 Å². The van der Waals surface area contributed by atoms with Gasteiger partial charge in [-0.2, -0.15) is 0 Å². The number of halogens is 1. The topological polar surface area (TPSA) is 49.3 Å². The van der Waals surface area contributed by atoms with Gasteiger partial charge in [0.15, 0.2) is 0 Å². The third-order valence-corrected chi connectivity index (χ3v) is 2.32. The minimum absolute atomic E-state index is 0.0171. The molecule has 1 fully saturated rings. The molecule has 0 saturated heterocycles. The van der Waals surface area contributed by atoms with Gasteiger partial charge in [0.2, 0.25) is 5.91 Å². The Labute approximate surface area is 86.9 Å². The van der Waals surface area contributed by atoms with Gasteiger partial charge in [0.05, 0.1) is 6.42 Å². The van der Waals surface area contributed by atoms with E-state index in [4.69, 9.17) is 5.11 Å². The summed E-state index contributed by atoms with van der Waals surface area (Å²) in [5.41, 5.74) is 0.230. The Morgan fingerprint density at radius 2 is 2.27 bits per heavy atom. The molecule has 0 bridgehead atoms. The molecule has 15 heavy (non-hydrogen) atoms. The first kappa shape index (κ1) is 9.96. The number of aromatic hydroxyl groups is 1. The fourth-order valence-corrected chi connectivity index (χ4v) is 1.38. The Morgan fingerprint density at radius 3 is 2.93 bits per heavy atom. The Bertz CT molecular complexity index is 388. The highest BCUT2D eigenvalue weighted by atomic mass is 19.1. The molecule has 1 aromatic rings. The third kappa shape index (κ3) is 2.68. The van der Waals surface area contributed by atoms with E-state index in [1.807, 2.05) is 0 Å². The zero-order chi connectivity index (χ0) is 10.8. The average Bonchev–Trinajstić information content (AvgIpc) is 2.95. The molecular formula is C11H12FNO2. The van der Waals surface area contributed by atoms with Crippen molar-refractivity contribution in [3.8, 4) is 5.75 Å². The van der Waals surface area contributed by atoms with Gasteiger partial charge in [0, 0.05) is 11.6 Å². The van der Waals surface area contributed by atoms with E-state index < -0.39 is 5.82 Å². The fourth-order valence-electron chi connectivity index (χ4n) is 1.38. The van der Waals surface area contributed by atoms with Gasteiger partial charge in [-0.3, -0.25) is 4.79 Å². The maximum absolute atomic E-state index is 13.2. The van der Waals surface area contributed by atoms with Crippen molar-refractivity contribution in [1.82, 2.24) is 5.32 Å². The minimum atomic E-state index is -0.459. The van der Waals surface area contributed by atoms with Crippen LogP contribution >= 0.6 is 0 Å². The van der Waals surface area contributed by atoms with Crippen molar-refractivity contribution in [2.75, 3.05) is 0 Å². The third-order valence-electron chi connectivity index (χ3n) is 2.32. The lowest BCUT2D eigenvalue weighted by Crippen LogP contribution is -2.27. The Morgan fingerprint density at radius 1 is 1.53 bits per heavy atom. The largest absolute Gasteiger partial charge is 0.508 e. The number of carbonyl (C=O) groups is 1. The van der Waals surface area contributed by atoms with Crippen LogP contribution in [0.2, 0.25) is 0 Å². The van der Waals surface area contributed by atoms with Crippen LogP contribution in [0.5, 0.6) is 5.75 Å². The molecule has 1 aliphatic rings. The number of carbonyl (C=O) groups excluding carboxylic acids is 1. The molecule has 1 amide bonds. The first-order chi connectivity index (χ1) is 7.15. The zero-order valence-electron chi connectivity index (χ0n) is 8.16. The molecule has 3 nitrogen and oxygen atoms in total. The van der Waals surface area contributed by atoms with E-state index >= 15 is 0 Å². The summed E-state index contributed by atoms with van der Waals surface area (Å²) in [5, 5.41) is 11.9. The van der Waals surface area contributed by atoms with Crippen LogP contribution in [0.25, 0.3) is 0 Å². The predicted molar refractivity (Wildman–Crippen MR) is 52.9 cm³/mol. The van der Waals surface area contributed by atoms with E-state index in [1.54, 1.807) is 0 Å². The maximum Gasteiger partial charge on any atom is 0.224 e. The van der Waals surface area contributed by atoms with E-state index in [2.05, 4.69) is 5.32 Å². The van der Waals surface area contributed by atoms with Crippen LogP contribution in [0, 0.1) is 5.82 Å². The zero-order valence-corrected chi connectivity index (χ0v) is 8.16. The lowest BCUT2D eigenvalue weighted by Gasteiger charge is -2.04.